The second kappa shape index (κ2) is 8.42. The fourth-order valence-electron chi connectivity index (χ4n) is 1.91. The van der Waals surface area contributed by atoms with Gasteiger partial charge in [0, 0.05) is 24.9 Å². The molecule has 7 heteroatoms. The number of nitrogens with zero attached hydrogens (tertiary/aromatic N) is 1. The van der Waals surface area contributed by atoms with E-state index in [1.807, 2.05) is 0 Å². The normalized spacial score (nSPS) is 11.0. The van der Waals surface area contributed by atoms with Gasteiger partial charge in [0.2, 0.25) is 11.8 Å². The first kappa shape index (κ1) is 19.6. The van der Waals surface area contributed by atoms with Gasteiger partial charge >= 0.3 is 5.97 Å². The van der Waals surface area contributed by atoms with Crippen molar-refractivity contribution in [1.82, 2.24) is 10.2 Å². The van der Waals surface area contributed by atoms with Crippen LogP contribution in [0.2, 0.25) is 0 Å². The SMILES string of the molecule is CC(C)(C)C(=O)NCCC(=O)N(CC(=O)O)Cc1ccc(F)cc1. The van der Waals surface area contributed by atoms with E-state index in [0.717, 1.165) is 0 Å². The van der Waals surface area contributed by atoms with Crippen LogP contribution in [-0.4, -0.2) is 40.9 Å². The van der Waals surface area contributed by atoms with Gasteiger partial charge in [0.15, 0.2) is 0 Å². The molecule has 24 heavy (non-hydrogen) atoms. The van der Waals surface area contributed by atoms with Gasteiger partial charge in [0.1, 0.15) is 12.4 Å². The molecular weight excluding hydrogens is 315 g/mol. The van der Waals surface area contributed by atoms with Crippen LogP contribution in [0.25, 0.3) is 0 Å². The third-order valence-corrected chi connectivity index (χ3v) is 3.27. The van der Waals surface area contributed by atoms with Gasteiger partial charge in [-0.25, -0.2) is 4.39 Å². The number of carboxylic acids is 1. The van der Waals surface area contributed by atoms with Gasteiger partial charge in [-0.05, 0) is 17.7 Å². The summed E-state index contributed by atoms with van der Waals surface area (Å²) >= 11 is 0. The van der Waals surface area contributed by atoms with E-state index >= 15 is 0 Å². The number of carbonyl (C=O) groups is 3. The number of halogens is 1. The van der Waals surface area contributed by atoms with Gasteiger partial charge in [-0.15, -0.1) is 0 Å². The predicted octanol–water partition coefficient (Wildman–Crippen LogP) is 1.79. The highest BCUT2D eigenvalue weighted by Crippen LogP contribution is 2.12. The van der Waals surface area contributed by atoms with Crippen molar-refractivity contribution in [2.75, 3.05) is 13.1 Å². The maximum absolute atomic E-state index is 12.9. The Kier molecular flexibility index (Phi) is 6.88. The summed E-state index contributed by atoms with van der Waals surface area (Å²) < 4.78 is 12.9. The summed E-state index contributed by atoms with van der Waals surface area (Å²) in [5.41, 5.74) is 0.0717. The minimum absolute atomic E-state index is 0.00368. The van der Waals surface area contributed by atoms with E-state index in [1.165, 1.54) is 29.2 Å². The Morgan fingerprint density at radius 1 is 1.17 bits per heavy atom. The standard InChI is InChI=1S/C17H23FN2O4/c1-17(2,3)16(24)19-9-8-14(21)20(11-15(22)23)10-12-4-6-13(18)7-5-12/h4-7H,8-11H2,1-3H3,(H,19,24)(H,22,23). The third-order valence-electron chi connectivity index (χ3n) is 3.27. The van der Waals surface area contributed by atoms with Crippen molar-refractivity contribution < 1.29 is 23.9 Å². The highest BCUT2D eigenvalue weighted by Gasteiger charge is 2.22. The zero-order valence-electron chi connectivity index (χ0n) is 14.1. The van der Waals surface area contributed by atoms with E-state index in [9.17, 15) is 18.8 Å². The lowest BCUT2D eigenvalue weighted by Gasteiger charge is -2.22. The number of amides is 2. The molecule has 1 rings (SSSR count). The molecule has 0 aliphatic heterocycles. The summed E-state index contributed by atoms with van der Waals surface area (Å²) in [6.07, 6.45) is -0.00368. The molecule has 0 aliphatic carbocycles. The van der Waals surface area contributed by atoms with E-state index in [0.29, 0.717) is 5.56 Å². The van der Waals surface area contributed by atoms with Gasteiger partial charge < -0.3 is 15.3 Å². The lowest BCUT2D eigenvalue weighted by atomic mass is 9.96. The summed E-state index contributed by atoms with van der Waals surface area (Å²) in [4.78, 5) is 36.1. The number of aliphatic carboxylic acids is 1. The molecule has 2 amide bonds. The molecule has 0 aliphatic rings. The molecule has 0 saturated carbocycles. The van der Waals surface area contributed by atoms with Crippen LogP contribution in [0.1, 0.15) is 32.8 Å². The molecule has 0 heterocycles. The fraction of sp³-hybridized carbons (Fsp3) is 0.471. The largest absolute Gasteiger partial charge is 0.480 e. The third kappa shape index (κ3) is 6.76. The Balaban J connectivity index is 2.63. The van der Waals surface area contributed by atoms with Crippen LogP contribution in [0.4, 0.5) is 4.39 Å². The Bertz CT molecular complexity index is 594. The van der Waals surface area contributed by atoms with E-state index in [-0.39, 0.29) is 25.4 Å². The number of carbonyl (C=O) groups excluding carboxylic acids is 2. The maximum Gasteiger partial charge on any atom is 0.323 e. The highest BCUT2D eigenvalue weighted by molar-refractivity contribution is 5.83. The van der Waals surface area contributed by atoms with Crippen molar-refractivity contribution in [2.24, 2.45) is 5.41 Å². The van der Waals surface area contributed by atoms with Gasteiger partial charge in [-0.2, -0.15) is 0 Å². The molecule has 0 unspecified atom stereocenters. The zero-order valence-corrected chi connectivity index (χ0v) is 14.1. The summed E-state index contributed by atoms with van der Waals surface area (Å²) in [5, 5.41) is 11.6. The minimum atomic E-state index is -1.14. The van der Waals surface area contributed by atoms with E-state index < -0.39 is 29.7 Å². The summed E-state index contributed by atoms with van der Waals surface area (Å²) in [6, 6.07) is 5.50. The molecule has 1 aromatic carbocycles. The molecular formula is C17H23FN2O4. The molecule has 0 saturated heterocycles. The number of hydrogen-bond acceptors (Lipinski definition) is 3. The lowest BCUT2D eigenvalue weighted by Crippen LogP contribution is -2.39. The number of nitrogens with one attached hydrogen (secondary N) is 1. The predicted molar refractivity (Wildman–Crippen MR) is 86.5 cm³/mol. The molecule has 6 nitrogen and oxygen atoms in total. The highest BCUT2D eigenvalue weighted by atomic mass is 19.1. The smallest absolute Gasteiger partial charge is 0.323 e. The first-order valence-corrected chi connectivity index (χ1v) is 7.62. The first-order valence-electron chi connectivity index (χ1n) is 7.62. The van der Waals surface area contributed by atoms with Crippen molar-refractivity contribution in [2.45, 2.75) is 33.7 Å². The molecule has 0 radical (unpaired) electrons. The summed E-state index contributed by atoms with van der Waals surface area (Å²) in [6.45, 7) is 5.02. The van der Waals surface area contributed by atoms with Crippen LogP contribution in [0.3, 0.4) is 0 Å². The molecule has 132 valence electrons. The topological polar surface area (TPSA) is 86.7 Å². The second-order valence-corrected chi connectivity index (χ2v) is 6.53. The average Bonchev–Trinajstić information content (AvgIpc) is 2.47. The number of rotatable bonds is 7. The van der Waals surface area contributed by atoms with Gasteiger partial charge in [0.25, 0.3) is 0 Å². The molecule has 0 atom stereocenters. The summed E-state index contributed by atoms with van der Waals surface area (Å²) in [5.74, 6) is -2.11. The van der Waals surface area contributed by atoms with Crippen molar-refractivity contribution in [3.63, 3.8) is 0 Å². The van der Waals surface area contributed by atoms with E-state index in [1.54, 1.807) is 20.8 Å². The van der Waals surface area contributed by atoms with Gasteiger partial charge in [-0.3, -0.25) is 14.4 Å². The lowest BCUT2D eigenvalue weighted by molar-refractivity contribution is -0.145. The van der Waals surface area contributed by atoms with Crippen LogP contribution in [0.15, 0.2) is 24.3 Å². The van der Waals surface area contributed by atoms with Crippen molar-refractivity contribution >= 4 is 17.8 Å². The molecule has 0 aromatic heterocycles. The van der Waals surface area contributed by atoms with E-state index in [4.69, 9.17) is 5.11 Å². The first-order chi connectivity index (χ1) is 11.1. The molecule has 1 aromatic rings. The van der Waals surface area contributed by atoms with E-state index in [2.05, 4.69) is 5.32 Å². The van der Waals surface area contributed by atoms with Crippen LogP contribution < -0.4 is 5.32 Å². The Morgan fingerprint density at radius 2 is 1.75 bits per heavy atom. The Hall–Kier alpha value is -2.44. The van der Waals surface area contributed by atoms with Crippen molar-refractivity contribution in [1.29, 1.82) is 0 Å². The van der Waals surface area contributed by atoms with Crippen LogP contribution in [0.5, 0.6) is 0 Å². The monoisotopic (exact) mass is 338 g/mol. The van der Waals surface area contributed by atoms with Crippen molar-refractivity contribution in [3.8, 4) is 0 Å². The maximum atomic E-state index is 12.9. The molecule has 0 fully saturated rings. The number of hydrogen-bond donors (Lipinski definition) is 2. The van der Waals surface area contributed by atoms with Gasteiger partial charge in [0.05, 0.1) is 0 Å². The fourth-order valence-corrected chi connectivity index (χ4v) is 1.91. The molecule has 2 N–H and O–H groups in total. The van der Waals surface area contributed by atoms with Crippen molar-refractivity contribution in [3.05, 3.63) is 35.6 Å². The quantitative estimate of drug-likeness (QED) is 0.793. The Morgan fingerprint density at radius 3 is 2.25 bits per heavy atom. The van der Waals surface area contributed by atoms with Gasteiger partial charge in [-0.1, -0.05) is 32.9 Å². The molecule has 0 bridgehead atoms. The minimum Gasteiger partial charge on any atom is -0.480 e. The summed E-state index contributed by atoms with van der Waals surface area (Å²) in [7, 11) is 0. The second-order valence-electron chi connectivity index (χ2n) is 6.53. The average molecular weight is 338 g/mol. The van der Waals surface area contributed by atoms with Crippen LogP contribution in [-0.2, 0) is 20.9 Å². The zero-order chi connectivity index (χ0) is 18.3. The Labute approximate surface area is 140 Å². The molecule has 0 spiro atoms. The number of carboxylic acid groups (broad SMARTS) is 1. The van der Waals surface area contributed by atoms with Crippen LogP contribution in [0, 0.1) is 11.2 Å². The number of benzene rings is 1. The van der Waals surface area contributed by atoms with Crippen LogP contribution >= 0.6 is 0 Å².